The van der Waals surface area contributed by atoms with E-state index in [-0.39, 0.29) is 47.3 Å². The Bertz CT molecular complexity index is 1380. The van der Waals surface area contributed by atoms with Gasteiger partial charge in [-0.05, 0) is 30.7 Å². The van der Waals surface area contributed by atoms with Crippen molar-refractivity contribution in [3.05, 3.63) is 56.2 Å². The molecule has 0 saturated heterocycles. The maximum Gasteiger partial charge on any atom is 0.307 e. The number of fused-ring (bicyclic) bond motifs is 1. The fraction of sp³-hybridized carbons (Fsp3) is 0.300. The average Bonchev–Trinajstić information content (AvgIpc) is 3.02. The molecule has 1 N–H and O–H groups in total. The summed E-state index contributed by atoms with van der Waals surface area (Å²) in [5, 5.41) is 13.9. The lowest BCUT2D eigenvalue weighted by molar-refractivity contribution is -0.384. The van der Waals surface area contributed by atoms with Crippen molar-refractivity contribution in [1.82, 2.24) is 4.57 Å². The second-order valence-corrected chi connectivity index (χ2v) is 10.1. The number of nitro benzene ring substituents is 1. The monoisotopic (exact) mass is 494 g/mol. The normalized spacial score (nSPS) is 11.4. The predicted molar refractivity (Wildman–Crippen MR) is 127 cm³/mol. The molecule has 0 saturated carbocycles. The van der Waals surface area contributed by atoms with Gasteiger partial charge in [-0.25, -0.2) is 8.42 Å². The molecular weight excluding hydrogens is 472 g/mol. The zero-order valence-electron chi connectivity index (χ0n) is 18.1. The van der Waals surface area contributed by atoms with Crippen LogP contribution in [0.25, 0.3) is 10.2 Å². The van der Waals surface area contributed by atoms with Gasteiger partial charge in [0.1, 0.15) is 11.4 Å². The van der Waals surface area contributed by atoms with Crippen molar-refractivity contribution in [3.63, 3.8) is 0 Å². The number of benzene rings is 2. The molecule has 1 aromatic heterocycles. The number of nitrogens with one attached hydrogen (secondary N) is 1. The van der Waals surface area contributed by atoms with Crippen LogP contribution in [0.4, 0.5) is 17.1 Å². The van der Waals surface area contributed by atoms with Gasteiger partial charge in [0.25, 0.3) is 5.69 Å². The summed E-state index contributed by atoms with van der Waals surface area (Å²) in [6.45, 7) is -0.0802. The number of thiazole rings is 1. The lowest BCUT2D eigenvalue weighted by Gasteiger charge is -2.24. The number of ether oxygens (including phenoxy) is 1. The van der Waals surface area contributed by atoms with E-state index in [1.54, 1.807) is 25.2 Å². The van der Waals surface area contributed by atoms with Crippen molar-refractivity contribution in [1.29, 1.82) is 0 Å². The molecule has 1 heterocycles. The van der Waals surface area contributed by atoms with Crippen molar-refractivity contribution in [3.8, 4) is 5.75 Å². The Labute approximate surface area is 193 Å². The number of non-ortho nitro benzene ring substituents is 1. The molecule has 11 nitrogen and oxygen atoms in total. The fourth-order valence-electron chi connectivity index (χ4n) is 3.27. The predicted octanol–water partition coefficient (Wildman–Crippen LogP) is 2.70. The maximum atomic E-state index is 12.4. The molecule has 176 valence electrons. The largest absolute Gasteiger partial charge is 0.495 e. The van der Waals surface area contributed by atoms with E-state index in [0.29, 0.717) is 5.69 Å². The molecular formula is C20H22N4O7S2. The van der Waals surface area contributed by atoms with E-state index in [1.165, 1.54) is 23.8 Å². The highest BCUT2D eigenvalue weighted by molar-refractivity contribution is 7.92. The van der Waals surface area contributed by atoms with Crippen LogP contribution in [-0.4, -0.2) is 43.7 Å². The van der Waals surface area contributed by atoms with Gasteiger partial charge in [0.15, 0.2) is 0 Å². The zero-order chi connectivity index (χ0) is 24.3. The minimum atomic E-state index is -3.81. The summed E-state index contributed by atoms with van der Waals surface area (Å²) in [4.78, 5) is 34.6. The first-order valence-corrected chi connectivity index (χ1v) is 12.4. The summed E-state index contributed by atoms with van der Waals surface area (Å²) in [5.41, 5.74) is 1.03. The number of hydrogen-bond acceptors (Lipinski definition) is 8. The molecule has 13 heteroatoms. The van der Waals surface area contributed by atoms with Crippen molar-refractivity contribution >= 4 is 54.5 Å². The number of hydrogen-bond donors (Lipinski definition) is 1. The summed E-state index contributed by atoms with van der Waals surface area (Å²) in [7, 11) is -0.805. The quantitative estimate of drug-likeness (QED) is 0.356. The first-order chi connectivity index (χ1) is 15.5. The average molecular weight is 495 g/mol. The van der Waals surface area contributed by atoms with E-state index in [4.69, 9.17) is 4.74 Å². The van der Waals surface area contributed by atoms with Crippen LogP contribution in [-0.2, 0) is 21.9 Å². The highest BCUT2D eigenvalue weighted by Gasteiger charge is 2.24. The van der Waals surface area contributed by atoms with E-state index < -0.39 is 14.9 Å². The summed E-state index contributed by atoms with van der Waals surface area (Å²) < 4.78 is 33.2. The number of rotatable bonds is 9. The van der Waals surface area contributed by atoms with E-state index in [0.717, 1.165) is 38.2 Å². The number of sulfonamides is 1. The third-order valence-corrected chi connectivity index (χ3v) is 7.06. The number of carbonyl (C=O) groups excluding carboxylic acids is 1. The highest BCUT2D eigenvalue weighted by atomic mass is 32.2. The number of nitro groups is 1. The topological polar surface area (TPSA) is 141 Å². The van der Waals surface area contributed by atoms with Gasteiger partial charge < -0.3 is 14.6 Å². The number of aryl methyl sites for hydroxylation is 1. The van der Waals surface area contributed by atoms with Crippen LogP contribution >= 0.6 is 11.3 Å². The smallest absolute Gasteiger partial charge is 0.307 e. The molecule has 3 aromatic rings. The van der Waals surface area contributed by atoms with Gasteiger partial charge in [-0.1, -0.05) is 11.3 Å². The second-order valence-electron chi connectivity index (χ2n) is 7.21. The van der Waals surface area contributed by atoms with Crippen LogP contribution in [0.3, 0.4) is 0 Å². The Morgan fingerprint density at radius 1 is 1.27 bits per heavy atom. The molecule has 2 aromatic carbocycles. The summed E-state index contributed by atoms with van der Waals surface area (Å²) >= 11 is 1.07. The Balaban J connectivity index is 1.71. The van der Waals surface area contributed by atoms with Gasteiger partial charge in [-0.3, -0.25) is 24.0 Å². The van der Waals surface area contributed by atoms with Crippen molar-refractivity contribution < 1.29 is 22.9 Å². The van der Waals surface area contributed by atoms with E-state index >= 15 is 0 Å². The van der Waals surface area contributed by atoms with E-state index in [9.17, 15) is 28.1 Å². The Morgan fingerprint density at radius 3 is 2.64 bits per heavy atom. The standard InChI is InChI=1S/C20H22N4O7S2/c1-22-15-8-6-13(11-18(15)32-20(22)26)21-19(25)5-4-10-23(33(3,29)30)16-12-14(24(27)28)7-9-17(16)31-2/h6-9,11-12H,4-5,10H2,1-3H3,(H,21,25). The molecule has 0 radical (unpaired) electrons. The molecule has 0 unspecified atom stereocenters. The number of anilines is 2. The third kappa shape index (κ3) is 5.49. The number of methoxy groups -OCH3 is 1. The molecule has 0 atom stereocenters. The molecule has 0 fully saturated rings. The summed E-state index contributed by atoms with van der Waals surface area (Å²) in [6, 6.07) is 8.80. The van der Waals surface area contributed by atoms with Crippen LogP contribution in [0.15, 0.2) is 41.2 Å². The summed E-state index contributed by atoms with van der Waals surface area (Å²) in [5.74, 6) is -0.178. The van der Waals surface area contributed by atoms with Crippen molar-refractivity contribution in [2.24, 2.45) is 7.05 Å². The molecule has 33 heavy (non-hydrogen) atoms. The lowest BCUT2D eigenvalue weighted by atomic mass is 10.2. The first kappa shape index (κ1) is 24.2. The lowest BCUT2D eigenvalue weighted by Crippen LogP contribution is -2.32. The molecule has 3 rings (SSSR count). The van der Waals surface area contributed by atoms with Gasteiger partial charge in [0, 0.05) is 37.8 Å². The van der Waals surface area contributed by atoms with Crippen LogP contribution in [0.5, 0.6) is 5.75 Å². The van der Waals surface area contributed by atoms with Gasteiger partial charge >= 0.3 is 4.87 Å². The Hall–Kier alpha value is -3.45. The number of nitrogens with zero attached hydrogens (tertiary/aromatic N) is 3. The fourth-order valence-corrected chi connectivity index (χ4v) is 5.15. The molecule has 0 aliphatic carbocycles. The zero-order valence-corrected chi connectivity index (χ0v) is 19.7. The summed E-state index contributed by atoms with van der Waals surface area (Å²) in [6.07, 6.45) is 1.14. The molecule has 0 spiro atoms. The van der Waals surface area contributed by atoms with Crippen LogP contribution in [0, 0.1) is 10.1 Å². The number of amides is 1. The van der Waals surface area contributed by atoms with E-state index in [2.05, 4.69) is 5.32 Å². The molecule has 0 bridgehead atoms. The van der Waals surface area contributed by atoms with Crippen molar-refractivity contribution in [2.45, 2.75) is 12.8 Å². The third-order valence-electron chi connectivity index (χ3n) is 4.88. The number of aromatic nitrogens is 1. The first-order valence-electron chi connectivity index (χ1n) is 9.71. The van der Waals surface area contributed by atoms with Crippen LogP contribution in [0.1, 0.15) is 12.8 Å². The molecule has 1 amide bonds. The highest BCUT2D eigenvalue weighted by Crippen LogP contribution is 2.34. The number of carbonyl (C=O) groups is 1. The van der Waals surface area contributed by atoms with Crippen LogP contribution in [0.2, 0.25) is 0 Å². The maximum absolute atomic E-state index is 12.4. The van der Waals surface area contributed by atoms with Gasteiger partial charge in [-0.2, -0.15) is 0 Å². The molecule has 0 aliphatic heterocycles. The SMILES string of the molecule is COc1ccc([N+](=O)[O-])cc1N(CCCC(=O)Nc1ccc2c(c1)sc(=O)n2C)S(C)(=O)=O. The Kier molecular flexibility index (Phi) is 7.03. The molecule has 0 aliphatic rings. The van der Waals surface area contributed by atoms with Crippen molar-refractivity contribution in [2.75, 3.05) is 29.5 Å². The minimum Gasteiger partial charge on any atom is -0.495 e. The second kappa shape index (κ2) is 9.58. The van der Waals surface area contributed by atoms with Gasteiger partial charge in [0.05, 0.1) is 28.5 Å². The van der Waals surface area contributed by atoms with Crippen LogP contribution < -0.4 is 19.2 Å². The van der Waals surface area contributed by atoms with Gasteiger partial charge in [-0.15, -0.1) is 0 Å². The Morgan fingerprint density at radius 2 is 2.00 bits per heavy atom. The van der Waals surface area contributed by atoms with Gasteiger partial charge in [0.2, 0.25) is 15.9 Å². The van der Waals surface area contributed by atoms with E-state index in [1.807, 2.05) is 0 Å². The minimum absolute atomic E-state index is 0.00627.